The second-order valence-corrected chi connectivity index (χ2v) is 7.61. The summed E-state index contributed by atoms with van der Waals surface area (Å²) in [6.07, 6.45) is 5.41. The standard InChI is InChI=1S/C23H30N6O4/c1-2-3-17-33-21(31)18-5-7-19(8-6-18)27-23(32)26-12-9-20(30)28-13-15-29(16-14-28)22-24-10-4-11-25-22/h4-8,10-11H,2-3,9,12-17H2,1H3,(H2,26,27,32). The molecule has 10 nitrogen and oxygen atoms in total. The molecule has 3 rings (SSSR count). The molecule has 1 aromatic carbocycles. The van der Waals surface area contributed by atoms with Gasteiger partial charge >= 0.3 is 12.0 Å². The molecular weight excluding hydrogens is 424 g/mol. The van der Waals surface area contributed by atoms with Gasteiger partial charge in [-0.3, -0.25) is 4.79 Å². The van der Waals surface area contributed by atoms with E-state index in [-0.39, 0.29) is 24.8 Å². The highest BCUT2D eigenvalue weighted by molar-refractivity contribution is 5.92. The average molecular weight is 455 g/mol. The molecule has 1 aliphatic rings. The predicted octanol–water partition coefficient (Wildman–Crippen LogP) is 2.29. The Labute approximate surface area is 193 Å². The first-order valence-corrected chi connectivity index (χ1v) is 11.2. The van der Waals surface area contributed by atoms with Crippen LogP contribution in [0.1, 0.15) is 36.5 Å². The van der Waals surface area contributed by atoms with Gasteiger partial charge in [-0.05, 0) is 36.8 Å². The minimum atomic E-state index is -0.410. The lowest BCUT2D eigenvalue weighted by Crippen LogP contribution is -2.49. The lowest BCUT2D eigenvalue weighted by Gasteiger charge is -2.34. The van der Waals surface area contributed by atoms with Gasteiger partial charge in [0, 0.05) is 57.2 Å². The number of urea groups is 1. The van der Waals surface area contributed by atoms with Gasteiger partial charge in [0.25, 0.3) is 0 Å². The smallest absolute Gasteiger partial charge is 0.338 e. The molecule has 1 aromatic heterocycles. The second-order valence-electron chi connectivity index (χ2n) is 7.61. The normalized spacial score (nSPS) is 13.4. The Morgan fingerprint density at radius 1 is 1.03 bits per heavy atom. The lowest BCUT2D eigenvalue weighted by molar-refractivity contribution is -0.131. The number of anilines is 2. The fraction of sp³-hybridized carbons (Fsp3) is 0.435. The van der Waals surface area contributed by atoms with Crippen LogP contribution in [0.5, 0.6) is 0 Å². The number of hydrogen-bond donors (Lipinski definition) is 2. The molecule has 0 bridgehead atoms. The third-order valence-corrected chi connectivity index (χ3v) is 5.20. The maximum Gasteiger partial charge on any atom is 0.338 e. The van der Waals surface area contributed by atoms with E-state index in [4.69, 9.17) is 4.74 Å². The molecule has 0 aliphatic carbocycles. The first kappa shape index (κ1) is 24.0. The number of unbranched alkanes of at least 4 members (excludes halogenated alkanes) is 1. The van der Waals surface area contributed by atoms with Gasteiger partial charge in [0.2, 0.25) is 11.9 Å². The zero-order valence-corrected chi connectivity index (χ0v) is 18.8. The third-order valence-electron chi connectivity index (χ3n) is 5.20. The molecule has 2 N–H and O–H groups in total. The zero-order valence-electron chi connectivity index (χ0n) is 18.8. The molecule has 0 radical (unpaired) electrons. The van der Waals surface area contributed by atoms with Crippen molar-refractivity contribution in [2.75, 3.05) is 49.5 Å². The van der Waals surface area contributed by atoms with Crippen molar-refractivity contribution in [3.63, 3.8) is 0 Å². The average Bonchev–Trinajstić information content (AvgIpc) is 2.85. The number of hydrogen-bond acceptors (Lipinski definition) is 7. The quantitative estimate of drug-likeness (QED) is 0.441. The van der Waals surface area contributed by atoms with Crippen LogP contribution in [0, 0.1) is 0 Å². The number of nitrogens with one attached hydrogen (secondary N) is 2. The largest absolute Gasteiger partial charge is 0.462 e. The fourth-order valence-corrected chi connectivity index (χ4v) is 3.31. The zero-order chi connectivity index (χ0) is 23.5. The summed E-state index contributed by atoms with van der Waals surface area (Å²) in [4.78, 5) is 48.8. The van der Waals surface area contributed by atoms with E-state index in [9.17, 15) is 14.4 Å². The SMILES string of the molecule is CCCCOC(=O)c1ccc(NC(=O)NCCC(=O)N2CCN(c3ncccn3)CC2)cc1. The summed E-state index contributed by atoms with van der Waals surface area (Å²) < 4.78 is 5.16. The van der Waals surface area contributed by atoms with Crippen LogP contribution in [0.25, 0.3) is 0 Å². The minimum absolute atomic E-state index is 0.00475. The van der Waals surface area contributed by atoms with Crippen LogP contribution in [0.2, 0.25) is 0 Å². The van der Waals surface area contributed by atoms with Crippen molar-refractivity contribution in [2.24, 2.45) is 0 Å². The topological polar surface area (TPSA) is 117 Å². The van der Waals surface area contributed by atoms with Crippen molar-refractivity contribution >= 4 is 29.5 Å². The molecule has 10 heteroatoms. The Balaban J connectivity index is 1.34. The minimum Gasteiger partial charge on any atom is -0.462 e. The number of nitrogens with zero attached hydrogens (tertiary/aromatic N) is 4. The number of piperazine rings is 1. The molecule has 1 fully saturated rings. The molecule has 1 saturated heterocycles. The van der Waals surface area contributed by atoms with E-state index in [2.05, 4.69) is 20.6 Å². The van der Waals surface area contributed by atoms with Gasteiger partial charge in [-0.15, -0.1) is 0 Å². The van der Waals surface area contributed by atoms with Crippen molar-refractivity contribution in [3.05, 3.63) is 48.3 Å². The maximum atomic E-state index is 12.4. The monoisotopic (exact) mass is 454 g/mol. The van der Waals surface area contributed by atoms with Crippen LogP contribution in [-0.2, 0) is 9.53 Å². The number of carbonyl (C=O) groups excluding carboxylic acids is 3. The number of carbonyl (C=O) groups is 3. The molecular formula is C23H30N6O4. The van der Waals surface area contributed by atoms with Crippen LogP contribution in [0.3, 0.4) is 0 Å². The summed E-state index contributed by atoms with van der Waals surface area (Å²) in [7, 11) is 0. The lowest BCUT2D eigenvalue weighted by atomic mass is 10.2. The highest BCUT2D eigenvalue weighted by Gasteiger charge is 2.22. The van der Waals surface area contributed by atoms with Crippen LogP contribution >= 0.6 is 0 Å². The Hall–Kier alpha value is -3.69. The van der Waals surface area contributed by atoms with Gasteiger partial charge in [0.1, 0.15) is 0 Å². The van der Waals surface area contributed by atoms with Crippen molar-refractivity contribution in [1.29, 1.82) is 0 Å². The van der Waals surface area contributed by atoms with Crippen molar-refractivity contribution in [1.82, 2.24) is 20.2 Å². The van der Waals surface area contributed by atoms with E-state index >= 15 is 0 Å². The Kier molecular flexibility index (Phi) is 8.98. The van der Waals surface area contributed by atoms with Gasteiger partial charge in [-0.2, -0.15) is 0 Å². The molecule has 0 saturated carbocycles. The number of amides is 3. The maximum absolute atomic E-state index is 12.4. The molecule has 3 amide bonds. The number of ether oxygens (including phenoxy) is 1. The second kappa shape index (κ2) is 12.4. The van der Waals surface area contributed by atoms with Gasteiger partial charge in [0.05, 0.1) is 12.2 Å². The highest BCUT2D eigenvalue weighted by Crippen LogP contribution is 2.12. The van der Waals surface area contributed by atoms with Gasteiger partial charge in [0.15, 0.2) is 0 Å². The summed E-state index contributed by atoms with van der Waals surface area (Å²) in [6, 6.07) is 7.84. The molecule has 0 atom stereocenters. The van der Waals surface area contributed by atoms with Crippen molar-refractivity contribution < 1.29 is 19.1 Å². The number of benzene rings is 1. The summed E-state index contributed by atoms with van der Waals surface area (Å²) >= 11 is 0. The molecule has 1 aliphatic heterocycles. The Morgan fingerprint density at radius 3 is 2.39 bits per heavy atom. The van der Waals surface area contributed by atoms with Gasteiger partial charge in [-0.25, -0.2) is 19.6 Å². The first-order valence-electron chi connectivity index (χ1n) is 11.2. The van der Waals surface area contributed by atoms with Crippen molar-refractivity contribution in [3.8, 4) is 0 Å². The van der Waals surface area contributed by atoms with E-state index in [0.29, 0.717) is 50.0 Å². The van der Waals surface area contributed by atoms with Gasteiger partial charge in [-0.1, -0.05) is 13.3 Å². The molecule has 0 spiro atoms. The molecule has 176 valence electrons. The molecule has 2 heterocycles. The van der Waals surface area contributed by atoms with Crippen LogP contribution in [0.15, 0.2) is 42.7 Å². The number of rotatable bonds is 9. The summed E-state index contributed by atoms with van der Waals surface area (Å²) in [5.41, 5.74) is 0.977. The van der Waals surface area contributed by atoms with E-state index in [0.717, 1.165) is 12.8 Å². The first-order chi connectivity index (χ1) is 16.1. The fourth-order valence-electron chi connectivity index (χ4n) is 3.31. The van der Waals surface area contributed by atoms with Gasteiger partial charge < -0.3 is 25.2 Å². The third kappa shape index (κ3) is 7.44. The van der Waals surface area contributed by atoms with Crippen LogP contribution in [0.4, 0.5) is 16.4 Å². The summed E-state index contributed by atoms with van der Waals surface area (Å²) in [5, 5.41) is 5.38. The van der Waals surface area contributed by atoms with E-state index in [1.165, 1.54) is 0 Å². The molecule has 33 heavy (non-hydrogen) atoms. The molecule has 2 aromatic rings. The van der Waals surface area contributed by atoms with Crippen molar-refractivity contribution in [2.45, 2.75) is 26.2 Å². The van der Waals surface area contributed by atoms with Crippen LogP contribution < -0.4 is 15.5 Å². The van der Waals surface area contributed by atoms with E-state index in [1.54, 1.807) is 47.6 Å². The van der Waals surface area contributed by atoms with Crippen LogP contribution in [-0.4, -0.2) is 72.1 Å². The Bertz CT molecular complexity index is 914. The van der Waals surface area contributed by atoms with E-state index < -0.39 is 6.03 Å². The van der Waals surface area contributed by atoms with E-state index in [1.807, 2.05) is 11.8 Å². The predicted molar refractivity (Wildman–Crippen MR) is 124 cm³/mol. The number of esters is 1. The molecule has 0 unspecified atom stereocenters. The summed E-state index contributed by atoms with van der Waals surface area (Å²) in [6.45, 7) is 5.19. The highest BCUT2D eigenvalue weighted by atomic mass is 16.5. The Morgan fingerprint density at radius 2 is 1.73 bits per heavy atom. The summed E-state index contributed by atoms with van der Waals surface area (Å²) in [5.74, 6) is 0.286. The number of aromatic nitrogens is 2.